The van der Waals surface area contributed by atoms with E-state index in [1.54, 1.807) is 12.3 Å². The van der Waals surface area contributed by atoms with Gasteiger partial charge in [0.1, 0.15) is 12.6 Å². The molecule has 0 spiro atoms. The number of anilines is 2. The first kappa shape index (κ1) is 26.2. The molecule has 38 heavy (non-hydrogen) atoms. The van der Waals surface area contributed by atoms with Gasteiger partial charge in [-0.05, 0) is 85.4 Å². The van der Waals surface area contributed by atoms with E-state index in [0.717, 1.165) is 28.3 Å². The number of carbonyl (C=O) groups is 1. The molecule has 2 aromatic carbocycles. The van der Waals surface area contributed by atoms with Crippen molar-refractivity contribution >= 4 is 57.8 Å². The van der Waals surface area contributed by atoms with Crippen LogP contribution in [-0.2, 0) is 9.53 Å². The van der Waals surface area contributed by atoms with E-state index in [2.05, 4.69) is 26.6 Å². The number of halogens is 2. The van der Waals surface area contributed by atoms with Gasteiger partial charge in [0.25, 0.3) is 0 Å². The van der Waals surface area contributed by atoms with Crippen molar-refractivity contribution in [2.75, 3.05) is 23.9 Å². The second-order valence-corrected chi connectivity index (χ2v) is 10.1. The highest BCUT2D eigenvalue weighted by molar-refractivity contribution is 7.80. The summed E-state index contributed by atoms with van der Waals surface area (Å²) < 4.78 is 6.99. The van der Waals surface area contributed by atoms with Gasteiger partial charge in [-0.2, -0.15) is 0 Å². The van der Waals surface area contributed by atoms with E-state index in [-0.39, 0.29) is 24.6 Å². The van der Waals surface area contributed by atoms with Crippen LogP contribution >= 0.6 is 35.4 Å². The lowest BCUT2D eigenvalue weighted by atomic mass is 10.00. The zero-order valence-electron chi connectivity index (χ0n) is 20.7. The van der Waals surface area contributed by atoms with Gasteiger partial charge in [-0.25, -0.2) is 0 Å². The Kier molecular flexibility index (Phi) is 7.67. The average Bonchev–Trinajstić information content (AvgIpc) is 3.50. The van der Waals surface area contributed by atoms with Crippen molar-refractivity contribution in [3.63, 3.8) is 0 Å². The molecule has 0 aliphatic carbocycles. The molecule has 10 heteroatoms. The largest absolute Gasteiger partial charge is 0.375 e. The van der Waals surface area contributed by atoms with Crippen LogP contribution in [0.3, 0.4) is 0 Å². The fourth-order valence-electron chi connectivity index (χ4n) is 4.72. The highest BCUT2D eigenvalue weighted by Gasteiger charge is 2.42. The maximum Gasteiger partial charge on any atom is 0.250 e. The van der Waals surface area contributed by atoms with Gasteiger partial charge in [-0.3, -0.25) is 9.78 Å². The molecule has 1 aliphatic rings. The summed E-state index contributed by atoms with van der Waals surface area (Å²) in [7, 11) is 1.49. The number of methoxy groups -OCH3 is 1. The number of aromatic nitrogens is 2. The van der Waals surface area contributed by atoms with Gasteiger partial charge >= 0.3 is 0 Å². The molecule has 0 saturated carbocycles. The molecule has 5 rings (SSSR count). The molecule has 7 nitrogen and oxygen atoms in total. The first-order chi connectivity index (χ1) is 18.4. The molecule has 2 N–H and O–H groups in total. The second-order valence-electron chi connectivity index (χ2n) is 8.88. The molecule has 2 atom stereocenters. The third kappa shape index (κ3) is 5.13. The number of pyridine rings is 1. The normalized spacial score (nSPS) is 16.9. The van der Waals surface area contributed by atoms with Gasteiger partial charge in [0, 0.05) is 41.6 Å². The van der Waals surface area contributed by atoms with Crippen LogP contribution in [0.4, 0.5) is 11.4 Å². The maximum atomic E-state index is 12.1. The zero-order chi connectivity index (χ0) is 26.8. The maximum absolute atomic E-state index is 12.1. The molecule has 1 amide bonds. The number of nitrogens with zero attached hydrogens (tertiary/aromatic N) is 3. The molecule has 3 heterocycles. The van der Waals surface area contributed by atoms with Crippen LogP contribution in [-0.4, -0.2) is 34.3 Å². The molecule has 1 saturated heterocycles. The molecule has 0 bridgehead atoms. The minimum absolute atomic E-state index is 0.0145. The number of nitrogens with one attached hydrogen (secondary N) is 2. The summed E-state index contributed by atoms with van der Waals surface area (Å²) in [6.07, 6.45) is 3.75. The fraction of sp³-hybridized carbons (Fsp3) is 0.179. The topological polar surface area (TPSA) is 71.4 Å². The van der Waals surface area contributed by atoms with Crippen molar-refractivity contribution in [1.29, 1.82) is 0 Å². The Labute approximate surface area is 236 Å². The van der Waals surface area contributed by atoms with Gasteiger partial charge in [0.05, 0.1) is 22.4 Å². The first-order valence-corrected chi connectivity index (χ1v) is 13.1. The van der Waals surface area contributed by atoms with Crippen molar-refractivity contribution in [1.82, 2.24) is 14.9 Å². The summed E-state index contributed by atoms with van der Waals surface area (Å²) in [4.78, 5) is 18.8. The third-order valence-corrected chi connectivity index (χ3v) is 7.24. The van der Waals surface area contributed by atoms with Crippen molar-refractivity contribution in [2.24, 2.45) is 0 Å². The number of ether oxygens (including phenoxy) is 1. The van der Waals surface area contributed by atoms with E-state index in [0.29, 0.717) is 20.8 Å². The Morgan fingerprint density at radius 3 is 2.68 bits per heavy atom. The minimum Gasteiger partial charge on any atom is -0.375 e. The summed E-state index contributed by atoms with van der Waals surface area (Å²) in [6, 6.07) is 20.7. The molecule has 0 radical (unpaired) electrons. The van der Waals surface area contributed by atoms with E-state index >= 15 is 0 Å². The smallest absolute Gasteiger partial charge is 0.250 e. The first-order valence-electron chi connectivity index (χ1n) is 11.9. The number of hydrogen-bond acceptors (Lipinski definition) is 4. The number of rotatable bonds is 7. The zero-order valence-corrected chi connectivity index (χ0v) is 23.0. The number of amides is 1. The van der Waals surface area contributed by atoms with Crippen molar-refractivity contribution in [2.45, 2.75) is 19.0 Å². The molecule has 2 aromatic heterocycles. The number of hydrogen-bond donors (Lipinski definition) is 2. The van der Waals surface area contributed by atoms with E-state index in [4.69, 9.17) is 40.2 Å². The van der Waals surface area contributed by atoms with Gasteiger partial charge in [-0.15, -0.1) is 0 Å². The van der Waals surface area contributed by atoms with E-state index < -0.39 is 0 Å². The quantitative estimate of drug-likeness (QED) is 0.258. The minimum atomic E-state index is -0.257. The Morgan fingerprint density at radius 1 is 1.13 bits per heavy atom. The van der Waals surface area contributed by atoms with Crippen LogP contribution in [0.2, 0.25) is 10.0 Å². The molecule has 1 fully saturated rings. The number of benzene rings is 2. The molecular formula is C28H25Cl2N5O2S. The van der Waals surface area contributed by atoms with E-state index in [9.17, 15) is 4.79 Å². The Morgan fingerprint density at radius 2 is 1.97 bits per heavy atom. The number of carbonyl (C=O) groups excluding carboxylic acids is 1. The van der Waals surface area contributed by atoms with Crippen LogP contribution in [0, 0.1) is 6.92 Å². The van der Waals surface area contributed by atoms with Crippen LogP contribution in [0.15, 0.2) is 79.1 Å². The molecular weight excluding hydrogens is 541 g/mol. The summed E-state index contributed by atoms with van der Waals surface area (Å²) in [5, 5.41) is 8.04. The highest BCUT2D eigenvalue weighted by atomic mass is 35.5. The van der Waals surface area contributed by atoms with Gasteiger partial charge in [-0.1, -0.05) is 29.3 Å². The number of thiocarbonyl (C=S) groups is 1. The highest BCUT2D eigenvalue weighted by Crippen LogP contribution is 2.43. The van der Waals surface area contributed by atoms with Crippen molar-refractivity contribution < 1.29 is 9.53 Å². The summed E-state index contributed by atoms with van der Waals surface area (Å²) in [5.74, 6) is -0.215. The molecule has 194 valence electrons. The average molecular weight is 567 g/mol. The lowest BCUT2D eigenvalue weighted by Crippen LogP contribution is -2.30. The Balaban J connectivity index is 1.60. The number of aryl methyl sites for hydroxylation is 1. The summed E-state index contributed by atoms with van der Waals surface area (Å²) in [5.41, 5.74) is 5.11. The lowest BCUT2D eigenvalue weighted by molar-refractivity contribution is -0.119. The van der Waals surface area contributed by atoms with Crippen LogP contribution < -0.4 is 15.5 Å². The standard InChI is InChI=1S/C28H25Cl2N5O2S/c1-17-14-19(9-10-21(17)32-25(36)16-37-2)35-27(26(33-28(35)38)22-6-3-4-12-31-22)24-7-5-13-34(24)23-11-8-18(29)15-20(23)30/h3-15,26-27H,16H2,1-2H3,(H,32,36)(H,33,38). The van der Waals surface area contributed by atoms with E-state index in [1.165, 1.54) is 7.11 Å². The lowest BCUT2D eigenvalue weighted by Gasteiger charge is -2.29. The van der Waals surface area contributed by atoms with Crippen LogP contribution in [0.5, 0.6) is 0 Å². The molecule has 1 aliphatic heterocycles. The van der Waals surface area contributed by atoms with Gasteiger partial charge in [0.2, 0.25) is 5.91 Å². The Bertz CT molecular complexity index is 1490. The fourth-order valence-corrected chi connectivity index (χ4v) is 5.57. The summed E-state index contributed by atoms with van der Waals surface area (Å²) in [6.45, 7) is 1.93. The molecule has 2 unspecified atom stereocenters. The van der Waals surface area contributed by atoms with Gasteiger partial charge < -0.3 is 24.8 Å². The van der Waals surface area contributed by atoms with E-state index in [1.807, 2.05) is 72.3 Å². The predicted octanol–water partition coefficient (Wildman–Crippen LogP) is 6.25. The summed E-state index contributed by atoms with van der Waals surface area (Å²) >= 11 is 18.7. The van der Waals surface area contributed by atoms with Crippen molar-refractivity contribution in [3.8, 4) is 5.69 Å². The third-order valence-electron chi connectivity index (χ3n) is 6.39. The predicted molar refractivity (Wildman–Crippen MR) is 155 cm³/mol. The van der Waals surface area contributed by atoms with Crippen LogP contribution in [0.1, 0.15) is 29.0 Å². The van der Waals surface area contributed by atoms with Crippen molar-refractivity contribution in [3.05, 3.63) is 106 Å². The molecule has 4 aromatic rings. The monoisotopic (exact) mass is 565 g/mol. The second kappa shape index (κ2) is 11.1. The SMILES string of the molecule is COCC(=O)Nc1ccc(N2C(=S)NC(c3ccccn3)C2c2cccn2-c2ccc(Cl)cc2Cl)cc1C. The van der Waals surface area contributed by atoms with Crippen LogP contribution in [0.25, 0.3) is 5.69 Å². The van der Waals surface area contributed by atoms with Gasteiger partial charge in [0.15, 0.2) is 5.11 Å². The Hall–Kier alpha value is -3.43.